The number of aromatic nitrogens is 1. The fraction of sp³-hybridized carbons (Fsp3) is 0.462. The Morgan fingerprint density at radius 3 is 2.76 bits per heavy atom. The second-order valence-electron chi connectivity index (χ2n) is 4.29. The molecule has 0 saturated heterocycles. The van der Waals surface area contributed by atoms with E-state index in [0.29, 0.717) is 6.04 Å². The van der Waals surface area contributed by atoms with Crippen molar-refractivity contribution in [2.24, 2.45) is 0 Å². The van der Waals surface area contributed by atoms with Crippen LogP contribution in [0.4, 0.5) is 5.13 Å². The summed E-state index contributed by atoms with van der Waals surface area (Å²) in [6, 6.07) is 8.83. The Morgan fingerprint density at radius 1 is 1.35 bits per heavy atom. The van der Waals surface area contributed by atoms with E-state index in [0.717, 1.165) is 28.9 Å². The van der Waals surface area contributed by atoms with Gasteiger partial charge in [0, 0.05) is 17.9 Å². The molecule has 4 heteroatoms. The van der Waals surface area contributed by atoms with Crippen molar-refractivity contribution < 1.29 is 0 Å². The molecule has 0 N–H and O–H groups in total. The number of halogens is 1. The lowest BCUT2D eigenvalue weighted by Gasteiger charge is -2.25. The van der Waals surface area contributed by atoms with Gasteiger partial charge < -0.3 is 4.90 Å². The summed E-state index contributed by atoms with van der Waals surface area (Å²) in [6.07, 6.45) is 1.15. The van der Waals surface area contributed by atoms with Crippen molar-refractivity contribution in [3.63, 3.8) is 0 Å². The average Bonchev–Trinajstić information content (AvgIpc) is 2.72. The molecule has 0 amide bonds. The maximum absolute atomic E-state index is 4.72. The zero-order valence-corrected chi connectivity index (χ0v) is 12.6. The Morgan fingerprint density at radius 2 is 2.12 bits per heavy atom. The lowest BCUT2D eigenvalue weighted by atomic mass is 10.3. The second kappa shape index (κ2) is 5.83. The van der Waals surface area contributed by atoms with Gasteiger partial charge in [0.2, 0.25) is 0 Å². The fourth-order valence-corrected chi connectivity index (χ4v) is 3.16. The normalized spacial score (nSPS) is 11.3. The second-order valence-corrected chi connectivity index (χ2v) is 6.10. The number of benzene rings is 1. The highest BCUT2D eigenvalue weighted by Crippen LogP contribution is 2.29. The van der Waals surface area contributed by atoms with Crippen LogP contribution in [-0.4, -0.2) is 22.9 Å². The molecule has 0 spiro atoms. The quantitative estimate of drug-likeness (QED) is 0.765. The zero-order chi connectivity index (χ0) is 12.3. The topological polar surface area (TPSA) is 16.1 Å². The van der Waals surface area contributed by atoms with Gasteiger partial charge in [-0.1, -0.05) is 39.4 Å². The lowest BCUT2D eigenvalue weighted by molar-refractivity contribution is 0.673. The van der Waals surface area contributed by atoms with Crippen molar-refractivity contribution in [3.05, 3.63) is 24.3 Å². The maximum atomic E-state index is 4.72. The van der Waals surface area contributed by atoms with Gasteiger partial charge in [-0.25, -0.2) is 4.98 Å². The molecule has 92 valence electrons. The van der Waals surface area contributed by atoms with Crippen LogP contribution in [0, 0.1) is 0 Å². The van der Waals surface area contributed by atoms with Crippen molar-refractivity contribution >= 4 is 42.6 Å². The van der Waals surface area contributed by atoms with Gasteiger partial charge in [-0.15, -0.1) is 0 Å². The van der Waals surface area contributed by atoms with Crippen LogP contribution in [0.15, 0.2) is 24.3 Å². The van der Waals surface area contributed by atoms with E-state index < -0.39 is 0 Å². The number of anilines is 1. The van der Waals surface area contributed by atoms with Gasteiger partial charge in [-0.05, 0) is 32.4 Å². The summed E-state index contributed by atoms with van der Waals surface area (Å²) < 4.78 is 1.27. The molecular formula is C13H17BrN2S. The summed E-state index contributed by atoms with van der Waals surface area (Å²) >= 11 is 5.27. The molecular weight excluding hydrogens is 296 g/mol. The van der Waals surface area contributed by atoms with Gasteiger partial charge in [0.15, 0.2) is 5.13 Å². The van der Waals surface area contributed by atoms with Gasteiger partial charge >= 0.3 is 0 Å². The number of fused-ring (bicyclic) bond motifs is 1. The standard InChI is InChI=1S/C13H17BrN2S/c1-10(2)16(9-5-8-14)13-15-11-6-3-4-7-12(11)17-13/h3-4,6-7,10H,5,8-9H2,1-2H3. The minimum atomic E-state index is 0.495. The van der Waals surface area contributed by atoms with Gasteiger partial charge in [0.25, 0.3) is 0 Å². The minimum Gasteiger partial charge on any atom is -0.346 e. The summed E-state index contributed by atoms with van der Waals surface area (Å²) in [5.74, 6) is 0. The number of para-hydroxylation sites is 1. The summed E-state index contributed by atoms with van der Waals surface area (Å²) in [4.78, 5) is 7.10. The van der Waals surface area contributed by atoms with E-state index in [4.69, 9.17) is 4.98 Å². The third-order valence-corrected chi connectivity index (χ3v) is 4.32. The minimum absolute atomic E-state index is 0.495. The first kappa shape index (κ1) is 12.8. The highest BCUT2D eigenvalue weighted by molar-refractivity contribution is 9.09. The van der Waals surface area contributed by atoms with Gasteiger partial charge in [0.05, 0.1) is 10.2 Å². The first-order valence-corrected chi connectivity index (χ1v) is 7.84. The van der Waals surface area contributed by atoms with Crippen molar-refractivity contribution in [1.29, 1.82) is 0 Å². The molecule has 0 radical (unpaired) electrons. The number of hydrogen-bond acceptors (Lipinski definition) is 3. The molecule has 0 aliphatic heterocycles. The molecule has 0 saturated carbocycles. The first-order valence-electron chi connectivity index (χ1n) is 5.90. The predicted molar refractivity (Wildman–Crippen MR) is 80.5 cm³/mol. The third-order valence-electron chi connectivity index (χ3n) is 2.68. The molecule has 0 bridgehead atoms. The van der Waals surface area contributed by atoms with E-state index >= 15 is 0 Å². The Bertz CT molecular complexity index is 448. The number of nitrogens with zero attached hydrogens (tertiary/aromatic N) is 2. The molecule has 0 atom stereocenters. The third kappa shape index (κ3) is 2.99. The van der Waals surface area contributed by atoms with Crippen LogP contribution in [0.2, 0.25) is 0 Å². The molecule has 2 nitrogen and oxygen atoms in total. The summed E-state index contributed by atoms with van der Waals surface area (Å²) in [5, 5.41) is 2.18. The molecule has 0 aliphatic carbocycles. The molecule has 0 aliphatic rings. The monoisotopic (exact) mass is 312 g/mol. The van der Waals surface area contributed by atoms with Crippen LogP contribution in [0.3, 0.4) is 0 Å². The Kier molecular flexibility index (Phi) is 4.40. The van der Waals surface area contributed by atoms with Crippen LogP contribution in [0.25, 0.3) is 10.2 Å². The molecule has 1 aromatic heterocycles. The van der Waals surface area contributed by atoms with E-state index in [9.17, 15) is 0 Å². The SMILES string of the molecule is CC(C)N(CCCBr)c1nc2ccccc2s1. The number of alkyl halides is 1. The first-order chi connectivity index (χ1) is 8.22. The van der Waals surface area contributed by atoms with E-state index in [1.807, 2.05) is 6.07 Å². The van der Waals surface area contributed by atoms with Crippen LogP contribution in [0.1, 0.15) is 20.3 Å². The lowest BCUT2D eigenvalue weighted by Crippen LogP contribution is -2.31. The van der Waals surface area contributed by atoms with Gasteiger partial charge in [0.1, 0.15) is 0 Å². The summed E-state index contributed by atoms with van der Waals surface area (Å²) in [7, 11) is 0. The van der Waals surface area contributed by atoms with Crippen molar-refractivity contribution in [2.75, 3.05) is 16.8 Å². The smallest absolute Gasteiger partial charge is 0.186 e. The molecule has 2 rings (SSSR count). The number of rotatable bonds is 5. The van der Waals surface area contributed by atoms with E-state index in [1.54, 1.807) is 11.3 Å². The number of hydrogen-bond donors (Lipinski definition) is 0. The van der Waals surface area contributed by atoms with Gasteiger partial charge in [-0.2, -0.15) is 0 Å². The van der Waals surface area contributed by atoms with Crippen LogP contribution in [-0.2, 0) is 0 Å². The summed E-state index contributed by atoms with van der Waals surface area (Å²) in [6.45, 7) is 5.50. The average molecular weight is 313 g/mol. The van der Waals surface area contributed by atoms with Gasteiger partial charge in [-0.3, -0.25) is 0 Å². The Hall–Kier alpha value is -0.610. The highest BCUT2D eigenvalue weighted by Gasteiger charge is 2.14. The fourth-order valence-electron chi connectivity index (χ4n) is 1.79. The summed E-state index contributed by atoms with van der Waals surface area (Å²) in [5.41, 5.74) is 1.11. The van der Waals surface area contributed by atoms with E-state index in [1.165, 1.54) is 4.70 Å². The highest BCUT2D eigenvalue weighted by atomic mass is 79.9. The molecule has 0 unspecified atom stereocenters. The van der Waals surface area contributed by atoms with Crippen molar-refractivity contribution in [2.45, 2.75) is 26.3 Å². The molecule has 2 aromatic rings. The maximum Gasteiger partial charge on any atom is 0.186 e. The van der Waals surface area contributed by atoms with Crippen LogP contribution < -0.4 is 4.90 Å². The van der Waals surface area contributed by atoms with E-state index in [-0.39, 0.29) is 0 Å². The van der Waals surface area contributed by atoms with Crippen molar-refractivity contribution in [1.82, 2.24) is 4.98 Å². The van der Waals surface area contributed by atoms with Crippen LogP contribution in [0.5, 0.6) is 0 Å². The van der Waals surface area contributed by atoms with Crippen molar-refractivity contribution in [3.8, 4) is 0 Å². The zero-order valence-electron chi connectivity index (χ0n) is 10.2. The Balaban J connectivity index is 2.28. The molecule has 1 aromatic carbocycles. The van der Waals surface area contributed by atoms with Crippen LogP contribution >= 0.6 is 27.3 Å². The largest absolute Gasteiger partial charge is 0.346 e. The number of thiazole rings is 1. The Labute approximate surface area is 115 Å². The molecule has 0 fully saturated rings. The molecule has 1 heterocycles. The predicted octanol–water partition coefficient (Wildman–Crippen LogP) is 4.30. The molecule has 17 heavy (non-hydrogen) atoms. The van der Waals surface area contributed by atoms with E-state index in [2.05, 4.69) is 52.9 Å².